The van der Waals surface area contributed by atoms with E-state index in [9.17, 15) is 4.79 Å². The number of aliphatic imine (C=N–C) groups is 1. The summed E-state index contributed by atoms with van der Waals surface area (Å²) in [4.78, 5) is 18.2. The van der Waals surface area contributed by atoms with E-state index in [0.29, 0.717) is 32.8 Å². The fourth-order valence-corrected chi connectivity index (χ4v) is 2.93. The second-order valence-electron chi connectivity index (χ2n) is 6.44. The number of carbonyl (C=O) groups is 1. The fourth-order valence-electron chi connectivity index (χ4n) is 2.93. The molecule has 2 rings (SSSR count). The summed E-state index contributed by atoms with van der Waals surface area (Å²) in [5.41, 5.74) is 0. The first kappa shape index (κ1) is 21.1. The summed E-state index contributed by atoms with van der Waals surface area (Å²) < 4.78 is 15.5. The van der Waals surface area contributed by atoms with Crippen molar-refractivity contribution in [2.45, 2.75) is 38.6 Å². The fraction of sp³-hybridized carbons (Fsp3) is 0.684. The third-order valence-electron chi connectivity index (χ3n) is 4.38. The maximum absolute atomic E-state index is 11.8. The van der Waals surface area contributed by atoms with Gasteiger partial charge in [0.05, 0.1) is 12.9 Å². The molecule has 0 atom stereocenters. The lowest BCUT2D eigenvalue weighted by Gasteiger charge is -2.32. The van der Waals surface area contributed by atoms with Gasteiger partial charge in [-0.05, 0) is 38.3 Å². The zero-order chi connectivity index (χ0) is 19.3. The van der Waals surface area contributed by atoms with Gasteiger partial charge in [-0.3, -0.25) is 4.99 Å². The normalized spacial score (nSPS) is 15.6. The molecule has 8 heteroatoms. The van der Waals surface area contributed by atoms with Crippen LogP contribution in [-0.4, -0.2) is 69.5 Å². The van der Waals surface area contributed by atoms with Crippen LogP contribution in [0.4, 0.5) is 4.79 Å². The van der Waals surface area contributed by atoms with Gasteiger partial charge in [-0.15, -0.1) is 0 Å². The number of ether oxygens (including phenoxy) is 2. The Labute approximate surface area is 161 Å². The highest BCUT2D eigenvalue weighted by atomic mass is 16.6. The lowest BCUT2D eigenvalue weighted by Crippen LogP contribution is -2.50. The molecule has 0 bridgehead atoms. The number of likely N-dealkylation sites (tertiary alicyclic amines) is 1. The SMILES string of the molecule is CCOC(=O)N1CCC(NC(=NCCCOC)NCCc2ccco2)CC1. The molecule has 1 aromatic rings. The molecule has 1 amide bonds. The van der Waals surface area contributed by atoms with E-state index in [1.807, 2.05) is 19.1 Å². The van der Waals surface area contributed by atoms with Crippen molar-refractivity contribution >= 4 is 12.1 Å². The summed E-state index contributed by atoms with van der Waals surface area (Å²) in [6, 6.07) is 4.15. The van der Waals surface area contributed by atoms with Gasteiger partial charge in [0.25, 0.3) is 0 Å². The monoisotopic (exact) mass is 380 g/mol. The lowest BCUT2D eigenvalue weighted by molar-refractivity contribution is 0.0963. The molecule has 27 heavy (non-hydrogen) atoms. The second kappa shape index (κ2) is 12.2. The van der Waals surface area contributed by atoms with Crippen LogP contribution in [0.3, 0.4) is 0 Å². The molecule has 1 aliphatic rings. The third-order valence-corrected chi connectivity index (χ3v) is 4.38. The Bertz CT molecular complexity index is 554. The van der Waals surface area contributed by atoms with Gasteiger partial charge in [-0.25, -0.2) is 4.79 Å². The highest BCUT2D eigenvalue weighted by Gasteiger charge is 2.24. The minimum Gasteiger partial charge on any atom is -0.469 e. The number of rotatable bonds is 9. The van der Waals surface area contributed by atoms with Crippen molar-refractivity contribution in [3.8, 4) is 0 Å². The highest BCUT2D eigenvalue weighted by Crippen LogP contribution is 2.11. The van der Waals surface area contributed by atoms with Crippen LogP contribution in [-0.2, 0) is 15.9 Å². The van der Waals surface area contributed by atoms with E-state index in [4.69, 9.17) is 13.9 Å². The quantitative estimate of drug-likeness (QED) is 0.387. The number of piperidine rings is 1. The molecule has 152 valence electrons. The van der Waals surface area contributed by atoms with E-state index < -0.39 is 0 Å². The van der Waals surface area contributed by atoms with Gasteiger partial charge in [-0.1, -0.05) is 0 Å². The van der Waals surface area contributed by atoms with Gasteiger partial charge in [0.15, 0.2) is 5.96 Å². The van der Waals surface area contributed by atoms with Crippen LogP contribution in [0.2, 0.25) is 0 Å². The Morgan fingerprint density at radius 3 is 2.89 bits per heavy atom. The molecule has 2 N–H and O–H groups in total. The summed E-state index contributed by atoms with van der Waals surface area (Å²) in [6.07, 6.45) is 4.88. The van der Waals surface area contributed by atoms with Gasteiger partial charge < -0.3 is 29.4 Å². The third kappa shape index (κ3) is 7.90. The number of nitrogens with one attached hydrogen (secondary N) is 2. The minimum absolute atomic E-state index is 0.221. The molecular formula is C19H32N4O4. The average Bonchev–Trinajstić information content (AvgIpc) is 3.19. The van der Waals surface area contributed by atoms with Gasteiger partial charge >= 0.3 is 6.09 Å². The van der Waals surface area contributed by atoms with Gasteiger partial charge in [-0.2, -0.15) is 0 Å². The number of methoxy groups -OCH3 is 1. The van der Waals surface area contributed by atoms with Crippen LogP contribution < -0.4 is 10.6 Å². The first-order chi connectivity index (χ1) is 13.2. The molecule has 1 saturated heterocycles. The summed E-state index contributed by atoms with van der Waals surface area (Å²) in [5, 5.41) is 6.86. The van der Waals surface area contributed by atoms with Crippen LogP contribution in [0.1, 0.15) is 31.9 Å². The Kier molecular flexibility index (Phi) is 9.54. The molecule has 0 spiro atoms. The van der Waals surface area contributed by atoms with Crippen LogP contribution in [0.5, 0.6) is 0 Å². The summed E-state index contributed by atoms with van der Waals surface area (Å²) in [6.45, 7) is 5.76. The molecule has 0 aliphatic carbocycles. The minimum atomic E-state index is -0.221. The maximum atomic E-state index is 11.8. The Morgan fingerprint density at radius 1 is 1.41 bits per heavy atom. The molecule has 8 nitrogen and oxygen atoms in total. The largest absolute Gasteiger partial charge is 0.469 e. The molecule has 0 unspecified atom stereocenters. The van der Waals surface area contributed by atoms with Crippen LogP contribution in [0, 0.1) is 0 Å². The molecule has 0 saturated carbocycles. The van der Waals surface area contributed by atoms with Gasteiger partial charge in [0.2, 0.25) is 0 Å². The van der Waals surface area contributed by atoms with Crippen molar-refractivity contribution < 1.29 is 18.7 Å². The zero-order valence-electron chi connectivity index (χ0n) is 16.4. The first-order valence-corrected chi connectivity index (χ1v) is 9.70. The lowest BCUT2D eigenvalue weighted by atomic mass is 10.1. The van der Waals surface area contributed by atoms with Crippen LogP contribution >= 0.6 is 0 Å². The molecule has 1 fully saturated rings. The average molecular weight is 380 g/mol. The number of furan rings is 1. The molecule has 2 heterocycles. The summed E-state index contributed by atoms with van der Waals surface area (Å²) in [7, 11) is 1.70. The van der Waals surface area contributed by atoms with Crippen molar-refractivity contribution in [2.75, 3.05) is 46.5 Å². The molecular weight excluding hydrogens is 348 g/mol. The molecule has 1 aromatic heterocycles. The number of carbonyl (C=O) groups excluding carboxylic acids is 1. The van der Waals surface area contributed by atoms with Crippen molar-refractivity contribution in [3.63, 3.8) is 0 Å². The smallest absolute Gasteiger partial charge is 0.409 e. The van der Waals surface area contributed by atoms with Gasteiger partial charge in [0.1, 0.15) is 5.76 Å². The number of hydrogen-bond donors (Lipinski definition) is 2. The standard InChI is InChI=1S/C19H32N4O4/c1-3-26-19(24)23-12-8-16(9-13-23)22-18(20-10-5-14-25-2)21-11-7-17-6-4-15-27-17/h4,6,15-16H,3,5,7-14H2,1-2H3,(H2,20,21,22). The Balaban J connectivity index is 1.79. The highest BCUT2D eigenvalue weighted by molar-refractivity contribution is 5.80. The molecule has 1 aliphatic heterocycles. The first-order valence-electron chi connectivity index (χ1n) is 9.70. The summed E-state index contributed by atoms with van der Waals surface area (Å²) >= 11 is 0. The predicted molar refractivity (Wildman–Crippen MR) is 104 cm³/mol. The Morgan fingerprint density at radius 2 is 2.22 bits per heavy atom. The van der Waals surface area contributed by atoms with Crippen molar-refractivity contribution in [1.29, 1.82) is 0 Å². The summed E-state index contributed by atoms with van der Waals surface area (Å²) in [5.74, 6) is 1.75. The van der Waals surface area contributed by atoms with E-state index in [2.05, 4.69) is 15.6 Å². The maximum Gasteiger partial charge on any atom is 0.409 e. The topological polar surface area (TPSA) is 88.3 Å². The van der Waals surface area contributed by atoms with Crippen molar-refractivity contribution in [3.05, 3.63) is 24.2 Å². The van der Waals surface area contributed by atoms with Crippen LogP contribution in [0.25, 0.3) is 0 Å². The van der Waals surface area contributed by atoms with E-state index in [1.54, 1.807) is 18.3 Å². The van der Waals surface area contributed by atoms with E-state index in [0.717, 1.165) is 43.9 Å². The number of guanidine groups is 1. The number of amides is 1. The zero-order valence-corrected chi connectivity index (χ0v) is 16.4. The van der Waals surface area contributed by atoms with E-state index in [1.165, 1.54) is 0 Å². The van der Waals surface area contributed by atoms with Crippen LogP contribution in [0.15, 0.2) is 27.8 Å². The van der Waals surface area contributed by atoms with E-state index >= 15 is 0 Å². The Hall–Kier alpha value is -2.22. The predicted octanol–water partition coefficient (Wildman–Crippen LogP) is 2.01. The molecule has 0 aromatic carbocycles. The molecule has 0 radical (unpaired) electrons. The number of nitrogens with zero attached hydrogens (tertiary/aromatic N) is 2. The second-order valence-corrected chi connectivity index (χ2v) is 6.44. The van der Waals surface area contributed by atoms with Gasteiger partial charge in [0, 0.05) is 52.4 Å². The van der Waals surface area contributed by atoms with E-state index in [-0.39, 0.29) is 12.1 Å². The number of hydrogen-bond acceptors (Lipinski definition) is 5. The van der Waals surface area contributed by atoms with Crippen molar-refractivity contribution in [2.24, 2.45) is 4.99 Å². The van der Waals surface area contributed by atoms with Crippen molar-refractivity contribution in [1.82, 2.24) is 15.5 Å².